The van der Waals surface area contributed by atoms with Crippen molar-refractivity contribution in [2.24, 2.45) is 5.92 Å². The Bertz CT molecular complexity index is 206. The monoisotopic (exact) mass is 285 g/mol. The van der Waals surface area contributed by atoms with E-state index in [2.05, 4.69) is 56.7 Å². The van der Waals surface area contributed by atoms with Crippen LogP contribution in [0.2, 0.25) is 0 Å². The molecular weight excluding hydrogens is 246 g/mol. The van der Waals surface area contributed by atoms with E-state index in [0.29, 0.717) is 0 Å². The Balaban J connectivity index is 3.58. The molecule has 1 atom stereocenters. The van der Waals surface area contributed by atoms with Gasteiger partial charge in [0.1, 0.15) is 0 Å². The van der Waals surface area contributed by atoms with Crippen LogP contribution < -0.4 is 0 Å². The SMILES string of the molecule is CCCCCCC(C)CN(C)CCN(C)CCN(C)C. The molecule has 0 radical (unpaired) electrons. The first-order valence-corrected chi connectivity index (χ1v) is 8.47. The van der Waals surface area contributed by atoms with Gasteiger partial charge in [-0.25, -0.2) is 0 Å². The predicted octanol–water partition coefficient (Wildman–Crippen LogP) is 3.02. The molecule has 0 N–H and O–H groups in total. The van der Waals surface area contributed by atoms with Gasteiger partial charge in [0, 0.05) is 32.7 Å². The molecule has 1 unspecified atom stereocenters. The van der Waals surface area contributed by atoms with E-state index in [9.17, 15) is 0 Å². The lowest BCUT2D eigenvalue weighted by atomic mass is 10.0. The molecule has 0 spiro atoms. The van der Waals surface area contributed by atoms with Crippen LogP contribution in [0.25, 0.3) is 0 Å². The summed E-state index contributed by atoms with van der Waals surface area (Å²) in [5.41, 5.74) is 0. The van der Waals surface area contributed by atoms with Crippen molar-refractivity contribution >= 4 is 0 Å². The van der Waals surface area contributed by atoms with E-state index >= 15 is 0 Å². The minimum absolute atomic E-state index is 0.837. The summed E-state index contributed by atoms with van der Waals surface area (Å²) in [5, 5.41) is 0. The molecule has 0 aromatic heterocycles. The lowest BCUT2D eigenvalue weighted by Crippen LogP contribution is -2.36. The minimum Gasteiger partial charge on any atom is -0.308 e. The Morgan fingerprint density at radius 3 is 1.95 bits per heavy atom. The maximum absolute atomic E-state index is 2.50. The predicted molar refractivity (Wildman–Crippen MR) is 91.5 cm³/mol. The third-order valence-electron chi connectivity index (χ3n) is 3.97. The van der Waals surface area contributed by atoms with Gasteiger partial charge >= 0.3 is 0 Å². The summed E-state index contributed by atoms with van der Waals surface area (Å²) in [6.45, 7) is 10.6. The second-order valence-electron chi connectivity index (χ2n) is 6.82. The molecule has 0 heterocycles. The molecule has 20 heavy (non-hydrogen) atoms. The first-order valence-electron chi connectivity index (χ1n) is 8.47. The van der Waals surface area contributed by atoms with Crippen molar-refractivity contribution in [2.45, 2.75) is 46.0 Å². The van der Waals surface area contributed by atoms with Gasteiger partial charge in [0.25, 0.3) is 0 Å². The summed E-state index contributed by atoms with van der Waals surface area (Å²) in [7, 11) is 8.77. The summed E-state index contributed by atoms with van der Waals surface area (Å²) in [4.78, 5) is 7.18. The molecule has 0 fully saturated rings. The largest absolute Gasteiger partial charge is 0.308 e. The van der Waals surface area contributed by atoms with Gasteiger partial charge in [0.05, 0.1) is 0 Å². The summed E-state index contributed by atoms with van der Waals surface area (Å²) in [6.07, 6.45) is 6.96. The molecule has 0 amide bonds. The standard InChI is InChI=1S/C17H39N3/c1-7-8-9-10-11-17(2)16-20(6)15-14-19(5)13-12-18(3)4/h17H,7-16H2,1-6H3. The molecule has 0 saturated carbocycles. The quantitative estimate of drug-likeness (QED) is 0.482. The first-order chi connectivity index (χ1) is 9.45. The van der Waals surface area contributed by atoms with Crippen LogP contribution in [0.15, 0.2) is 0 Å². The molecular formula is C17H39N3. The van der Waals surface area contributed by atoms with Crippen LogP contribution in [0.5, 0.6) is 0 Å². The van der Waals surface area contributed by atoms with Crippen molar-refractivity contribution in [1.29, 1.82) is 0 Å². The van der Waals surface area contributed by atoms with E-state index < -0.39 is 0 Å². The highest BCUT2D eigenvalue weighted by Crippen LogP contribution is 2.11. The third-order valence-corrected chi connectivity index (χ3v) is 3.97. The van der Waals surface area contributed by atoms with Crippen molar-refractivity contribution in [3.63, 3.8) is 0 Å². The number of hydrogen-bond acceptors (Lipinski definition) is 3. The third kappa shape index (κ3) is 12.9. The normalized spacial score (nSPS) is 13.7. The maximum atomic E-state index is 2.50. The van der Waals surface area contributed by atoms with E-state index in [0.717, 1.165) is 19.0 Å². The van der Waals surface area contributed by atoms with Crippen LogP contribution in [0.1, 0.15) is 46.0 Å². The van der Waals surface area contributed by atoms with Crippen LogP contribution >= 0.6 is 0 Å². The molecule has 0 rings (SSSR count). The molecule has 3 nitrogen and oxygen atoms in total. The minimum atomic E-state index is 0.837. The van der Waals surface area contributed by atoms with Gasteiger partial charge in [-0.3, -0.25) is 0 Å². The van der Waals surface area contributed by atoms with E-state index in [1.54, 1.807) is 0 Å². The average molecular weight is 286 g/mol. The van der Waals surface area contributed by atoms with Gasteiger partial charge in [-0.05, 0) is 40.5 Å². The maximum Gasteiger partial charge on any atom is 0.0107 e. The van der Waals surface area contributed by atoms with E-state index in [1.807, 2.05) is 0 Å². The fourth-order valence-corrected chi connectivity index (χ4v) is 2.46. The van der Waals surface area contributed by atoms with Crippen molar-refractivity contribution in [3.8, 4) is 0 Å². The van der Waals surface area contributed by atoms with Gasteiger partial charge in [0.2, 0.25) is 0 Å². The zero-order valence-electron chi connectivity index (χ0n) is 15.0. The van der Waals surface area contributed by atoms with Gasteiger partial charge in [0.15, 0.2) is 0 Å². The van der Waals surface area contributed by atoms with Gasteiger partial charge in [-0.15, -0.1) is 0 Å². The number of unbranched alkanes of at least 4 members (excludes halogenated alkanes) is 3. The van der Waals surface area contributed by atoms with Crippen LogP contribution in [0, 0.1) is 5.92 Å². The van der Waals surface area contributed by atoms with Gasteiger partial charge in [-0.2, -0.15) is 0 Å². The molecule has 0 aliphatic heterocycles. The lowest BCUT2D eigenvalue weighted by Gasteiger charge is -2.25. The van der Waals surface area contributed by atoms with E-state index in [4.69, 9.17) is 0 Å². The summed E-state index contributed by atoms with van der Waals surface area (Å²) in [5.74, 6) is 0.837. The molecule has 0 aromatic carbocycles. The Morgan fingerprint density at radius 1 is 0.750 bits per heavy atom. The zero-order chi connectivity index (χ0) is 15.4. The number of nitrogens with zero attached hydrogens (tertiary/aromatic N) is 3. The Labute approximate surface area is 128 Å². The highest BCUT2D eigenvalue weighted by Gasteiger charge is 2.07. The van der Waals surface area contributed by atoms with Crippen LogP contribution in [-0.2, 0) is 0 Å². The van der Waals surface area contributed by atoms with Crippen LogP contribution in [0.4, 0.5) is 0 Å². The number of likely N-dealkylation sites (N-methyl/N-ethyl adjacent to an activating group) is 3. The highest BCUT2D eigenvalue weighted by atomic mass is 15.2. The second-order valence-corrected chi connectivity index (χ2v) is 6.82. The van der Waals surface area contributed by atoms with Gasteiger partial charge < -0.3 is 14.7 Å². The Hall–Kier alpha value is -0.120. The summed E-state index contributed by atoms with van der Waals surface area (Å²) in [6, 6.07) is 0. The molecule has 0 aromatic rings. The topological polar surface area (TPSA) is 9.72 Å². The van der Waals surface area contributed by atoms with Crippen molar-refractivity contribution in [2.75, 3.05) is 60.9 Å². The summed E-state index contributed by atoms with van der Waals surface area (Å²) < 4.78 is 0. The second kappa shape index (κ2) is 12.6. The smallest absolute Gasteiger partial charge is 0.0107 e. The van der Waals surface area contributed by atoms with Crippen LogP contribution in [0.3, 0.4) is 0 Å². The van der Waals surface area contributed by atoms with Crippen LogP contribution in [-0.4, -0.2) is 75.6 Å². The molecule has 0 aliphatic carbocycles. The number of rotatable bonds is 13. The van der Waals surface area contributed by atoms with E-state index in [-0.39, 0.29) is 0 Å². The van der Waals surface area contributed by atoms with Crippen molar-refractivity contribution < 1.29 is 0 Å². The summed E-state index contributed by atoms with van der Waals surface area (Å²) >= 11 is 0. The molecule has 0 saturated heterocycles. The molecule has 0 bridgehead atoms. The fourth-order valence-electron chi connectivity index (χ4n) is 2.46. The van der Waals surface area contributed by atoms with Crippen molar-refractivity contribution in [1.82, 2.24) is 14.7 Å². The Kier molecular flexibility index (Phi) is 12.5. The Morgan fingerprint density at radius 2 is 1.35 bits per heavy atom. The van der Waals surface area contributed by atoms with Crippen molar-refractivity contribution in [3.05, 3.63) is 0 Å². The number of hydrogen-bond donors (Lipinski definition) is 0. The van der Waals surface area contributed by atoms with E-state index in [1.165, 1.54) is 51.7 Å². The lowest BCUT2D eigenvalue weighted by molar-refractivity contribution is 0.219. The average Bonchev–Trinajstić information content (AvgIpc) is 2.39. The molecule has 0 aliphatic rings. The highest BCUT2D eigenvalue weighted by molar-refractivity contribution is 4.62. The zero-order valence-corrected chi connectivity index (χ0v) is 15.0. The fraction of sp³-hybridized carbons (Fsp3) is 1.00. The van der Waals surface area contributed by atoms with Gasteiger partial charge in [-0.1, -0.05) is 39.5 Å². The molecule has 3 heteroatoms. The first kappa shape index (κ1) is 19.9. The molecule has 122 valence electrons.